The van der Waals surface area contributed by atoms with Crippen molar-refractivity contribution >= 4 is 11.9 Å². The molecule has 1 amide bonds. The summed E-state index contributed by atoms with van der Waals surface area (Å²) in [4.78, 5) is 24.5. The molecule has 1 aliphatic heterocycles. The van der Waals surface area contributed by atoms with E-state index in [9.17, 15) is 9.59 Å². The minimum Gasteiger partial charge on any atom is -0.478 e. The van der Waals surface area contributed by atoms with Crippen LogP contribution >= 0.6 is 0 Å². The van der Waals surface area contributed by atoms with Crippen LogP contribution < -0.4 is 5.32 Å². The average Bonchev–Trinajstić information content (AvgIpc) is 2.28. The average molecular weight is 256 g/mol. The molecular weight excluding hydrogens is 236 g/mol. The molecule has 0 aromatic rings. The summed E-state index contributed by atoms with van der Waals surface area (Å²) in [7, 11) is 0. The molecule has 6 heteroatoms. The molecule has 0 bridgehead atoms. The highest BCUT2D eigenvalue weighted by atomic mass is 16.5. The van der Waals surface area contributed by atoms with Gasteiger partial charge in [0.1, 0.15) is 6.04 Å². The number of nitrogens with one attached hydrogen (secondary N) is 1. The number of carboxylic acid groups (broad SMARTS) is 1. The van der Waals surface area contributed by atoms with Crippen LogP contribution in [0.5, 0.6) is 0 Å². The molecule has 1 atom stereocenters. The van der Waals surface area contributed by atoms with Gasteiger partial charge in [-0.2, -0.15) is 0 Å². The number of nitrogens with zero attached hydrogens (tertiary/aromatic N) is 1. The molecule has 1 rings (SSSR count). The van der Waals surface area contributed by atoms with Crippen molar-refractivity contribution < 1.29 is 19.4 Å². The summed E-state index contributed by atoms with van der Waals surface area (Å²) in [6.07, 6.45) is 0. The summed E-state index contributed by atoms with van der Waals surface area (Å²) in [6.45, 7) is 8.73. The van der Waals surface area contributed by atoms with Crippen molar-refractivity contribution in [1.82, 2.24) is 10.2 Å². The minimum absolute atomic E-state index is 0.0453. The lowest BCUT2D eigenvalue weighted by Gasteiger charge is -2.34. The number of hydrogen-bond donors (Lipinski definition) is 2. The summed E-state index contributed by atoms with van der Waals surface area (Å²) in [6, 6.07) is -0.402. The molecule has 6 nitrogen and oxygen atoms in total. The van der Waals surface area contributed by atoms with Gasteiger partial charge in [0.15, 0.2) is 0 Å². The van der Waals surface area contributed by atoms with Crippen LogP contribution in [0.2, 0.25) is 0 Å². The van der Waals surface area contributed by atoms with Crippen molar-refractivity contribution in [3.05, 3.63) is 12.2 Å². The maximum Gasteiger partial charge on any atom is 0.332 e. The second-order valence-electron chi connectivity index (χ2n) is 4.63. The van der Waals surface area contributed by atoms with Gasteiger partial charge in [0.2, 0.25) is 5.91 Å². The number of hydrogen-bond acceptors (Lipinski definition) is 4. The lowest BCUT2D eigenvalue weighted by Crippen LogP contribution is -2.55. The van der Waals surface area contributed by atoms with Gasteiger partial charge >= 0.3 is 5.97 Å². The Kier molecular flexibility index (Phi) is 5.30. The van der Waals surface area contributed by atoms with E-state index in [1.807, 2.05) is 13.8 Å². The summed E-state index contributed by atoms with van der Waals surface area (Å²) in [5.41, 5.74) is 0.0826. The Morgan fingerprint density at radius 1 is 1.56 bits per heavy atom. The van der Waals surface area contributed by atoms with Crippen LogP contribution in [0.1, 0.15) is 13.8 Å². The summed E-state index contributed by atoms with van der Waals surface area (Å²) >= 11 is 0. The molecule has 0 aromatic carbocycles. The van der Waals surface area contributed by atoms with Gasteiger partial charge in [-0.3, -0.25) is 9.69 Å². The smallest absolute Gasteiger partial charge is 0.332 e. The molecule has 1 saturated heterocycles. The number of morpholine rings is 1. The molecule has 102 valence electrons. The van der Waals surface area contributed by atoms with E-state index in [4.69, 9.17) is 9.84 Å². The first-order valence-corrected chi connectivity index (χ1v) is 5.95. The van der Waals surface area contributed by atoms with E-state index >= 15 is 0 Å². The maximum absolute atomic E-state index is 12.0. The highest BCUT2D eigenvalue weighted by molar-refractivity contribution is 5.87. The Bertz CT molecular complexity index is 341. The van der Waals surface area contributed by atoms with Crippen molar-refractivity contribution in [2.45, 2.75) is 25.9 Å². The molecule has 0 radical (unpaired) electrons. The Morgan fingerprint density at radius 3 is 2.78 bits per heavy atom. The third-order valence-electron chi connectivity index (χ3n) is 2.67. The molecule has 2 N–H and O–H groups in total. The molecule has 0 saturated carbocycles. The highest BCUT2D eigenvalue weighted by Gasteiger charge is 2.30. The first kappa shape index (κ1) is 14.7. The summed E-state index contributed by atoms with van der Waals surface area (Å²) in [5.74, 6) is -1.17. The quantitative estimate of drug-likeness (QED) is 0.669. The predicted molar refractivity (Wildman–Crippen MR) is 66.2 cm³/mol. The maximum atomic E-state index is 12.0. The van der Waals surface area contributed by atoms with Gasteiger partial charge in [-0.1, -0.05) is 6.58 Å². The second kappa shape index (κ2) is 6.51. The number of carbonyl (C=O) groups excluding carboxylic acids is 1. The van der Waals surface area contributed by atoms with E-state index < -0.39 is 12.0 Å². The van der Waals surface area contributed by atoms with Gasteiger partial charge in [-0.15, -0.1) is 0 Å². The lowest BCUT2D eigenvalue weighted by molar-refractivity contribution is -0.136. The first-order chi connectivity index (χ1) is 8.41. The van der Waals surface area contributed by atoms with E-state index in [0.717, 1.165) is 0 Å². The molecule has 1 fully saturated rings. The number of aliphatic carboxylic acids is 1. The Labute approximate surface area is 107 Å². The van der Waals surface area contributed by atoms with Crippen LogP contribution in [0.3, 0.4) is 0 Å². The van der Waals surface area contributed by atoms with Gasteiger partial charge in [-0.25, -0.2) is 4.79 Å². The van der Waals surface area contributed by atoms with Gasteiger partial charge in [0, 0.05) is 24.7 Å². The zero-order chi connectivity index (χ0) is 13.7. The fourth-order valence-corrected chi connectivity index (χ4v) is 1.76. The van der Waals surface area contributed by atoms with E-state index in [1.165, 1.54) is 0 Å². The zero-order valence-corrected chi connectivity index (χ0v) is 10.8. The largest absolute Gasteiger partial charge is 0.478 e. The molecule has 1 aliphatic rings. The molecule has 0 aliphatic carbocycles. The van der Waals surface area contributed by atoms with Gasteiger partial charge in [-0.05, 0) is 13.8 Å². The minimum atomic E-state index is -1.04. The third-order valence-corrected chi connectivity index (χ3v) is 2.67. The number of carbonyl (C=O) groups is 2. The van der Waals surface area contributed by atoms with E-state index in [1.54, 1.807) is 4.90 Å². The molecule has 0 spiro atoms. The van der Waals surface area contributed by atoms with E-state index in [2.05, 4.69) is 11.9 Å². The Balaban J connectivity index is 2.64. The number of carboxylic acids is 1. The lowest BCUT2D eigenvalue weighted by atomic mass is 10.1. The van der Waals surface area contributed by atoms with Crippen molar-refractivity contribution in [3.8, 4) is 0 Å². The number of rotatable bonds is 5. The van der Waals surface area contributed by atoms with Crippen LogP contribution in [0, 0.1) is 0 Å². The van der Waals surface area contributed by atoms with Gasteiger partial charge in [0.25, 0.3) is 0 Å². The van der Waals surface area contributed by atoms with Crippen LogP contribution in [0.25, 0.3) is 0 Å². The predicted octanol–water partition coefficient (Wildman–Crippen LogP) is -0.147. The SMILES string of the molecule is C=C(CN1CCOCC1C(=O)NC(C)C)C(=O)O. The van der Waals surface area contributed by atoms with Gasteiger partial charge in [0.05, 0.1) is 13.2 Å². The summed E-state index contributed by atoms with van der Waals surface area (Å²) < 4.78 is 5.28. The van der Waals surface area contributed by atoms with E-state index in [0.29, 0.717) is 13.2 Å². The standard InChI is InChI=1S/C12H20N2O4/c1-8(2)13-11(15)10-7-18-5-4-14(10)6-9(3)12(16)17/h8,10H,3-7H2,1-2H3,(H,13,15)(H,16,17). The van der Waals surface area contributed by atoms with Crippen LogP contribution in [0.15, 0.2) is 12.2 Å². The third kappa shape index (κ3) is 4.12. The molecule has 1 heterocycles. The van der Waals surface area contributed by atoms with Crippen molar-refractivity contribution in [2.24, 2.45) is 0 Å². The fourth-order valence-electron chi connectivity index (χ4n) is 1.76. The van der Waals surface area contributed by atoms with Gasteiger partial charge < -0.3 is 15.2 Å². The van der Waals surface area contributed by atoms with E-state index in [-0.39, 0.29) is 30.7 Å². The van der Waals surface area contributed by atoms with Crippen molar-refractivity contribution in [3.63, 3.8) is 0 Å². The van der Waals surface area contributed by atoms with Crippen LogP contribution in [0.4, 0.5) is 0 Å². The molecule has 1 unspecified atom stereocenters. The van der Waals surface area contributed by atoms with Crippen molar-refractivity contribution in [1.29, 1.82) is 0 Å². The number of amides is 1. The van der Waals surface area contributed by atoms with Crippen LogP contribution in [-0.2, 0) is 14.3 Å². The zero-order valence-electron chi connectivity index (χ0n) is 10.8. The Morgan fingerprint density at radius 2 is 2.22 bits per heavy atom. The topological polar surface area (TPSA) is 78.9 Å². The first-order valence-electron chi connectivity index (χ1n) is 5.95. The molecular formula is C12H20N2O4. The number of ether oxygens (including phenoxy) is 1. The Hall–Kier alpha value is -1.40. The van der Waals surface area contributed by atoms with Crippen molar-refractivity contribution in [2.75, 3.05) is 26.3 Å². The summed E-state index contributed by atoms with van der Waals surface area (Å²) in [5, 5.41) is 11.6. The highest BCUT2D eigenvalue weighted by Crippen LogP contribution is 2.10. The normalized spacial score (nSPS) is 20.7. The second-order valence-corrected chi connectivity index (χ2v) is 4.63. The van der Waals surface area contributed by atoms with Crippen LogP contribution in [-0.4, -0.2) is 60.3 Å². The molecule has 18 heavy (non-hydrogen) atoms. The fraction of sp³-hybridized carbons (Fsp3) is 0.667. The monoisotopic (exact) mass is 256 g/mol. The molecule has 0 aromatic heterocycles.